The number of rotatable bonds is 2. The molecule has 82 valence electrons. The smallest absolute Gasteiger partial charge is 0.144 e. The van der Waals surface area contributed by atoms with E-state index in [0.29, 0.717) is 0 Å². The van der Waals surface area contributed by atoms with E-state index in [9.17, 15) is 0 Å². The lowest BCUT2D eigenvalue weighted by molar-refractivity contribution is 1.27. The number of pyridine rings is 1. The van der Waals surface area contributed by atoms with Crippen molar-refractivity contribution in [2.75, 3.05) is 5.32 Å². The molecule has 0 spiro atoms. The van der Waals surface area contributed by atoms with Crippen molar-refractivity contribution < 1.29 is 0 Å². The molecule has 2 rings (SSSR count). The molecule has 0 amide bonds. The van der Waals surface area contributed by atoms with Crippen LogP contribution in [0.1, 0.15) is 5.56 Å². The van der Waals surface area contributed by atoms with E-state index in [0.717, 1.165) is 20.5 Å². The lowest BCUT2D eigenvalue weighted by Gasteiger charge is -2.08. The Bertz CT molecular complexity index is 512. The molecule has 2 aromatic rings. The summed E-state index contributed by atoms with van der Waals surface area (Å²) in [5.74, 6) is 0.814. The molecule has 0 atom stereocenters. The predicted molar refractivity (Wildman–Crippen MR) is 74.1 cm³/mol. The minimum absolute atomic E-state index is 0.814. The molecule has 0 radical (unpaired) electrons. The highest BCUT2D eigenvalue weighted by Crippen LogP contribution is 2.26. The van der Waals surface area contributed by atoms with Crippen LogP contribution in [0.2, 0.25) is 0 Å². The second-order valence-electron chi connectivity index (χ2n) is 3.48. The number of aromatic nitrogens is 1. The first-order valence-corrected chi connectivity index (χ1v) is 6.38. The van der Waals surface area contributed by atoms with Gasteiger partial charge in [-0.3, -0.25) is 0 Å². The van der Waals surface area contributed by atoms with Gasteiger partial charge in [0.25, 0.3) is 0 Å². The van der Waals surface area contributed by atoms with Crippen LogP contribution in [0, 0.1) is 6.92 Å². The number of aryl methyl sites for hydroxylation is 1. The number of hydrogen-bond donors (Lipinski definition) is 1. The van der Waals surface area contributed by atoms with Crippen LogP contribution in [-0.4, -0.2) is 4.98 Å². The molecule has 1 heterocycles. The molecule has 1 aromatic heterocycles. The third-order valence-electron chi connectivity index (χ3n) is 2.09. The fourth-order valence-corrected chi connectivity index (χ4v) is 2.45. The fraction of sp³-hybridized carbons (Fsp3) is 0.0833. The topological polar surface area (TPSA) is 24.9 Å². The molecule has 0 bridgehead atoms. The van der Waals surface area contributed by atoms with Crippen molar-refractivity contribution in [3.05, 3.63) is 51.0 Å². The van der Waals surface area contributed by atoms with Gasteiger partial charge in [0.2, 0.25) is 0 Å². The summed E-state index contributed by atoms with van der Waals surface area (Å²) in [5.41, 5.74) is 2.26. The molecule has 0 aliphatic rings. The number of anilines is 2. The lowest BCUT2D eigenvalue weighted by Crippen LogP contribution is -1.94. The molecule has 0 saturated carbocycles. The summed E-state index contributed by atoms with van der Waals surface area (Å²) >= 11 is 6.84. The zero-order chi connectivity index (χ0) is 11.5. The molecule has 0 fully saturated rings. The van der Waals surface area contributed by atoms with E-state index in [2.05, 4.69) is 61.2 Å². The Hall–Kier alpha value is -0.870. The van der Waals surface area contributed by atoms with Crippen LogP contribution in [0.5, 0.6) is 0 Å². The highest BCUT2D eigenvalue weighted by atomic mass is 79.9. The maximum atomic E-state index is 4.30. The van der Waals surface area contributed by atoms with Crippen molar-refractivity contribution in [3.8, 4) is 0 Å². The van der Waals surface area contributed by atoms with Gasteiger partial charge in [0.15, 0.2) is 0 Å². The van der Waals surface area contributed by atoms with E-state index < -0.39 is 0 Å². The molecule has 0 saturated heterocycles. The van der Waals surface area contributed by atoms with Gasteiger partial charge < -0.3 is 5.32 Å². The van der Waals surface area contributed by atoms with Crippen molar-refractivity contribution in [2.45, 2.75) is 6.92 Å². The van der Waals surface area contributed by atoms with Crippen molar-refractivity contribution in [1.29, 1.82) is 0 Å². The molecule has 16 heavy (non-hydrogen) atoms. The second kappa shape index (κ2) is 4.97. The Labute approximate surface area is 111 Å². The standard InChI is InChI=1S/C12H10Br2N2/c1-8-3-2-4-10(5-8)16-12-11(14)6-9(13)7-15-12/h2-7H,1H3,(H,15,16). The first-order chi connectivity index (χ1) is 7.65. The average molecular weight is 342 g/mol. The Kier molecular flexibility index (Phi) is 3.61. The van der Waals surface area contributed by atoms with E-state index in [1.54, 1.807) is 6.20 Å². The first kappa shape index (κ1) is 11.6. The predicted octanol–water partition coefficient (Wildman–Crippen LogP) is 4.66. The summed E-state index contributed by atoms with van der Waals surface area (Å²) in [7, 11) is 0. The van der Waals surface area contributed by atoms with E-state index in [1.165, 1.54) is 5.56 Å². The number of halogens is 2. The van der Waals surface area contributed by atoms with Crippen LogP contribution in [0.15, 0.2) is 45.5 Å². The molecule has 0 aliphatic heterocycles. The molecular weight excluding hydrogens is 332 g/mol. The SMILES string of the molecule is Cc1cccc(Nc2ncc(Br)cc2Br)c1. The summed E-state index contributed by atoms with van der Waals surface area (Å²) in [6.07, 6.45) is 1.77. The van der Waals surface area contributed by atoms with Crippen LogP contribution >= 0.6 is 31.9 Å². The zero-order valence-corrected chi connectivity index (χ0v) is 11.8. The van der Waals surface area contributed by atoms with Crippen LogP contribution in [0.4, 0.5) is 11.5 Å². The Balaban J connectivity index is 2.27. The summed E-state index contributed by atoms with van der Waals surface area (Å²) in [6, 6.07) is 10.1. The van der Waals surface area contributed by atoms with E-state index in [4.69, 9.17) is 0 Å². The second-order valence-corrected chi connectivity index (χ2v) is 5.25. The van der Waals surface area contributed by atoms with Crippen molar-refractivity contribution >= 4 is 43.4 Å². The molecule has 4 heteroatoms. The average Bonchev–Trinajstić information content (AvgIpc) is 2.22. The van der Waals surface area contributed by atoms with Gasteiger partial charge in [-0.05, 0) is 62.5 Å². The maximum Gasteiger partial charge on any atom is 0.144 e. The normalized spacial score (nSPS) is 10.2. The Morgan fingerprint density at radius 3 is 2.69 bits per heavy atom. The number of nitrogens with zero attached hydrogens (tertiary/aromatic N) is 1. The van der Waals surface area contributed by atoms with E-state index in [1.807, 2.05) is 18.2 Å². The van der Waals surface area contributed by atoms with Crippen LogP contribution in [0.3, 0.4) is 0 Å². The van der Waals surface area contributed by atoms with Gasteiger partial charge in [-0.25, -0.2) is 4.98 Å². The largest absolute Gasteiger partial charge is 0.339 e. The summed E-state index contributed by atoms with van der Waals surface area (Å²) in [6.45, 7) is 2.06. The number of nitrogens with one attached hydrogen (secondary N) is 1. The highest BCUT2D eigenvalue weighted by molar-refractivity contribution is 9.11. The van der Waals surface area contributed by atoms with Crippen LogP contribution in [0.25, 0.3) is 0 Å². The fourth-order valence-electron chi connectivity index (χ4n) is 1.37. The third-order valence-corrected chi connectivity index (χ3v) is 3.13. The monoisotopic (exact) mass is 340 g/mol. The first-order valence-electron chi connectivity index (χ1n) is 4.80. The zero-order valence-electron chi connectivity index (χ0n) is 8.67. The summed E-state index contributed by atoms with van der Waals surface area (Å²) in [5, 5.41) is 3.26. The van der Waals surface area contributed by atoms with Crippen molar-refractivity contribution in [2.24, 2.45) is 0 Å². The number of benzene rings is 1. The van der Waals surface area contributed by atoms with Gasteiger partial charge in [0.05, 0.1) is 4.47 Å². The van der Waals surface area contributed by atoms with Gasteiger partial charge >= 0.3 is 0 Å². The quantitative estimate of drug-likeness (QED) is 0.859. The molecule has 1 N–H and O–H groups in total. The maximum absolute atomic E-state index is 4.30. The lowest BCUT2D eigenvalue weighted by atomic mass is 10.2. The Morgan fingerprint density at radius 2 is 2.00 bits per heavy atom. The summed E-state index contributed by atoms with van der Waals surface area (Å²) in [4.78, 5) is 4.30. The highest BCUT2D eigenvalue weighted by Gasteiger charge is 2.02. The molecular formula is C12H10Br2N2. The van der Waals surface area contributed by atoms with Crippen LogP contribution in [-0.2, 0) is 0 Å². The van der Waals surface area contributed by atoms with Gasteiger partial charge in [0, 0.05) is 16.4 Å². The third kappa shape index (κ3) is 2.83. The number of hydrogen-bond acceptors (Lipinski definition) is 2. The van der Waals surface area contributed by atoms with Crippen LogP contribution < -0.4 is 5.32 Å². The van der Waals surface area contributed by atoms with Gasteiger partial charge in [0.1, 0.15) is 5.82 Å². The van der Waals surface area contributed by atoms with E-state index in [-0.39, 0.29) is 0 Å². The van der Waals surface area contributed by atoms with Crippen molar-refractivity contribution in [3.63, 3.8) is 0 Å². The minimum Gasteiger partial charge on any atom is -0.339 e. The molecule has 1 aromatic carbocycles. The van der Waals surface area contributed by atoms with Crippen molar-refractivity contribution in [1.82, 2.24) is 4.98 Å². The van der Waals surface area contributed by atoms with Gasteiger partial charge in [-0.15, -0.1) is 0 Å². The molecule has 0 aliphatic carbocycles. The minimum atomic E-state index is 0.814. The summed E-state index contributed by atoms with van der Waals surface area (Å²) < 4.78 is 1.89. The molecule has 0 unspecified atom stereocenters. The van der Waals surface area contributed by atoms with Gasteiger partial charge in [-0.1, -0.05) is 12.1 Å². The van der Waals surface area contributed by atoms with E-state index >= 15 is 0 Å². The Morgan fingerprint density at radius 1 is 1.19 bits per heavy atom. The van der Waals surface area contributed by atoms with Gasteiger partial charge in [-0.2, -0.15) is 0 Å². The molecule has 2 nitrogen and oxygen atoms in total.